The molecule has 0 bridgehead atoms. The van der Waals surface area contributed by atoms with E-state index in [2.05, 4.69) is 10.6 Å². The molecule has 0 heterocycles. The lowest BCUT2D eigenvalue weighted by Gasteiger charge is -2.28. The smallest absolute Gasteiger partial charge is 0.322 e. The van der Waals surface area contributed by atoms with E-state index in [0.717, 1.165) is 11.1 Å². The predicted octanol–water partition coefficient (Wildman–Crippen LogP) is 0.389. The maximum Gasteiger partial charge on any atom is 0.322 e. The summed E-state index contributed by atoms with van der Waals surface area (Å²) in [6.07, 6.45) is 0. The highest BCUT2D eigenvalue weighted by molar-refractivity contribution is 5.85. The molecule has 0 saturated heterocycles. The number of carbonyl (C=O) groups is 3. The van der Waals surface area contributed by atoms with E-state index in [-0.39, 0.29) is 6.54 Å². The summed E-state index contributed by atoms with van der Waals surface area (Å²) in [5.74, 6) is -3.36. The molecule has 6 N–H and O–H groups in total. The van der Waals surface area contributed by atoms with Gasteiger partial charge in [-0.2, -0.15) is 0 Å². The van der Waals surface area contributed by atoms with Gasteiger partial charge in [0.05, 0.1) is 12.6 Å². The minimum Gasteiger partial charge on any atom is -0.480 e. The second kappa shape index (κ2) is 10.2. The maximum absolute atomic E-state index is 12.9. The van der Waals surface area contributed by atoms with Gasteiger partial charge >= 0.3 is 11.9 Å². The average molecular weight is 385 g/mol. The van der Waals surface area contributed by atoms with Crippen LogP contribution in [0.25, 0.3) is 0 Å². The molecule has 2 aromatic rings. The molecule has 1 amide bonds. The number of hydrogen-bond donors (Lipinski definition) is 5. The van der Waals surface area contributed by atoms with Gasteiger partial charge in [0.15, 0.2) is 0 Å². The Morgan fingerprint density at radius 3 is 1.82 bits per heavy atom. The van der Waals surface area contributed by atoms with Gasteiger partial charge in [0, 0.05) is 12.5 Å². The molecule has 0 saturated carbocycles. The first-order valence-corrected chi connectivity index (χ1v) is 8.71. The zero-order valence-corrected chi connectivity index (χ0v) is 15.1. The van der Waals surface area contributed by atoms with Crippen LogP contribution in [0.5, 0.6) is 0 Å². The summed E-state index contributed by atoms with van der Waals surface area (Å²) in [6, 6.07) is 16.2. The number of carboxylic acid groups (broad SMARTS) is 2. The molecule has 0 radical (unpaired) electrons. The quantitative estimate of drug-likeness (QED) is 0.398. The molecule has 0 aliphatic carbocycles. The number of carboxylic acids is 2. The van der Waals surface area contributed by atoms with Crippen LogP contribution in [0.4, 0.5) is 0 Å². The first-order valence-electron chi connectivity index (χ1n) is 8.71. The Kier molecular flexibility index (Phi) is 7.67. The summed E-state index contributed by atoms with van der Waals surface area (Å²) in [6.45, 7) is -0.699. The highest BCUT2D eigenvalue weighted by Crippen LogP contribution is 2.28. The monoisotopic (exact) mass is 385 g/mol. The molecule has 2 aromatic carbocycles. The van der Waals surface area contributed by atoms with E-state index in [9.17, 15) is 14.4 Å². The van der Waals surface area contributed by atoms with Gasteiger partial charge in [0.1, 0.15) is 6.04 Å². The Bertz CT molecular complexity index is 759. The van der Waals surface area contributed by atoms with E-state index >= 15 is 0 Å². The molecule has 148 valence electrons. The van der Waals surface area contributed by atoms with Crippen LogP contribution >= 0.6 is 0 Å². The second-order valence-electron chi connectivity index (χ2n) is 6.24. The third kappa shape index (κ3) is 5.90. The molecule has 2 atom stereocenters. The van der Waals surface area contributed by atoms with Gasteiger partial charge in [-0.1, -0.05) is 60.7 Å². The fraction of sp³-hybridized carbons (Fsp3) is 0.250. The summed E-state index contributed by atoms with van der Waals surface area (Å²) in [5, 5.41) is 23.2. The van der Waals surface area contributed by atoms with Crippen molar-refractivity contribution in [2.75, 3.05) is 13.1 Å². The third-order valence-corrected chi connectivity index (χ3v) is 4.22. The average Bonchev–Trinajstić information content (AvgIpc) is 2.70. The number of rotatable bonds is 10. The van der Waals surface area contributed by atoms with E-state index < -0.39 is 42.4 Å². The Hall–Kier alpha value is -3.23. The van der Waals surface area contributed by atoms with Gasteiger partial charge < -0.3 is 21.3 Å². The van der Waals surface area contributed by atoms with Crippen molar-refractivity contribution < 1.29 is 24.6 Å². The van der Waals surface area contributed by atoms with E-state index in [1.807, 2.05) is 60.7 Å². The van der Waals surface area contributed by atoms with Gasteiger partial charge in [0.25, 0.3) is 0 Å². The van der Waals surface area contributed by atoms with Crippen LogP contribution in [0.2, 0.25) is 0 Å². The fourth-order valence-electron chi connectivity index (χ4n) is 2.87. The van der Waals surface area contributed by atoms with Crippen molar-refractivity contribution in [2.45, 2.75) is 18.0 Å². The van der Waals surface area contributed by atoms with Crippen LogP contribution in [0.3, 0.4) is 0 Å². The minimum atomic E-state index is -1.25. The molecule has 0 aliphatic heterocycles. The number of nitrogens with two attached hydrogens (primary N) is 1. The van der Waals surface area contributed by atoms with Crippen molar-refractivity contribution in [3.63, 3.8) is 0 Å². The van der Waals surface area contributed by atoms with E-state index in [1.165, 1.54) is 0 Å². The van der Waals surface area contributed by atoms with E-state index in [4.69, 9.17) is 15.9 Å². The topological polar surface area (TPSA) is 142 Å². The van der Waals surface area contributed by atoms with E-state index in [0.29, 0.717) is 0 Å². The summed E-state index contributed by atoms with van der Waals surface area (Å²) in [5.41, 5.74) is 7.08. The van der Waals surface area contributed by atoms with Crippen LogP contribution in [0.1, 0.15) is 17.0 Å². The van der Waals surface area contributed by atoms with E-state index in [1.54, 1.807) is 0 Å². The predicted molar refractivity (Wildman–Crippen MR) is 103 cm³/mol. The molecule has 0 aromatic heterocycles. The summed E-state index contributed by atoms with van der Waals surface area (Å²) in [7, 11) is 0. The Morgan fingerprint density at radius 1 is 0.893 bits per heavy atom. The molecule has 0 fully saturated rings. The van der Waals surface area contributed by atoms with Crippen molar-refractivity contribution in [1.29, 1.82) is 0 Å². The van der Waals surface area contributed by atoms with Crippen molar-refractivity contribution >= 4 is 17.8 Å². The van der Waals surface area contributed by atoms with Gasteiger partial charge in [0.2, 0.25) is 5.91 Å². The summed E-state index contributed by atoms with van der Waals surface area (Å²) < 4.78 is 0. The molecule has 2 rings (SSSR count). The van der Waals surface area contributed by atoms with Crippen molar-refractivity contribution in [3.05, 3.63) is 71.8 Å². The lowest BCUT2D eigenvalue weighted by Crippen LogP contribution is -2.52. The number of hydrogen-bond acceptors (Lipinski definition) is 5. The number of nitrogens with one attached hydrogen (secondary N) is 2. The first kappa shape index (κ1) is 21.1. The zero-order valence-electron chi connectivity index (χ0n) is 15.1. The third-order valence-electron chi connectivity index (χ3n) is 4.22. The second-order valence-corrected chi connectivity index (χ2v) is 6.24. The van der Waals surface area contributed by atoms with Crippen molar-refractivity contribution in [3.8, 4) is 0 Å². The fourth-order valence-corrected chi connectivity index (χ4v) is 2.87. The molecular formula is C20H23N3O5. The Labute approximate surface area is 162 Å². The zero-order chi connectivity index (χ0) is 20.5. The number of benzene rings is 2. The number of aliphatic carboxylic acids is 2. The normalized spacial score (nSPS) is 12.9. The number of amides is 1. The van der Waals surface area contributed by atoms with Crippen LogP contribution in [0, 0.1) is 0 Å². The highest BCUT2D eigenvalue weighted by atomic mass is 16.4. The molecule has 8 nitrogen and oxygen atoms in total. The molecule has 0 aliphatic rings. The summed E-state index contributed by atoms with van der Waals surface area (Å²) >= 11 is 0. The number of carbonyl (C=O) groups excluding carboxylic acids is 1. The van der Waals surface area contributed by atoms with Gasteiger partial charge in [-0.15, -0.1) is 0 Å². The van der Waals surface area contributed by atoms with Crippen molar-refractivity contribution in [1.82, 2.24) is 10.6 Å². The highest BCUT2D eigenvalue weighted by Gasteiger charge is 2.31. The van der Waals surface area contributed by atoms with Crippen LogP contribution in [0.15, 0.2) is 60.7 Å². The molecule has 8 heteroatoms. The molecule has 0 spiro atoms. The largest absolute Gasteiger partial charge is 0.480 e. The van der Waals surface area contributed by atoms with Crippen LogP contribution < -0.4 is 16.4 Å². The minimum absolute atomic E-state index is 0.268. The SMILES string of the molecule is N[C@@H](CNC(=O)[C@@H](NCC(=O)O)C(c1ccccc1)c1ccccc1)C(=O)O. The lowest BCUT2D eigenvalue weighted by atomic mass is 9.84. The maximum atomic E-state index is 12.9. The Morgan fingerprint density at radius 2 is 1.39 bits per heavy atom. The summed E-state index contributed by atoms with van der Waals surface area (Å²) in [4.78, 5) is 34.8. The molecule has 0 unspecified atom stereocenters. The van der Waals surface area contributed by atoms with Gasteiger partial charge in [-0.3, -0.25) is 19.7 Å². The Balaban J connectivity index is 2.36. The van der Waals surface area contributed by atoms with Crippen molar-refractivity contribution in [2.24, 2.45) is 5.73 Å². The molecular weight excluding hydrogens is 362 g/mol. The molecule has 28 heavy (non-hydrogen) atoms. The van der Waals surface area contributed by atoms with Crippen LogP contribution in [-0.4, -0.2) is 53.2 Å². The first-order chi connectivity index (χ1) is 13.4. The van der Waals surface area contributed by atoms with Crippen LogP contribution in [-0.2, 0) is 14.4 Å². The standard InChI is InChI=1S/C20H23N3O5/c21-15(20(27)28)11-23-19(26)18(22-12-16(24)25)17(13-7-3-1-4-8-13)14-9-5-2-6-10-14/h1-10,15,17-18,22H,11-12,21H2,(H,23,26)(H,24,25)(H,27,28)/t15-,18-/m0/s1. The van der Waals surface area contributed by atoms with Gasteiger partial charge in [-0.25, -0.2) is 0 Å². The van der Waals surface area contributed by atoms with Gasteiger partial charge in [-0.05, 0) is 11.1 Å². The lowest BCUT2D eigenvalue weighted by molar-refractivity contribution is -0.138.